The van der Waals surface area contributed by atoms with Gasteiger partial charge < -0.3 is 4.90 Å². The fraction of sp³-hybridized carbons (Fsp3) is 0.208. The molecule has 6 heteroatoms. The van der Waals surface area contributed by atoms with E-state index >= 15 is 0 Å². The maximum atomic E-state index is 13.4. The maximum absolute atomic E-state index is 13.4. The summed E-state index contributed by atoms with van der Waals surface area (Å²) in [6, 6.07) is 17.5. The van der Waals surface area contributed by atoms with Crippen LogP contribution in [0.5, 0.6) is 0 Å². The molecule has 0 N–H and O–H groups in total. The van der Waals surface area contributed by atoms with Crippen LogP contribution in [0.25, 0.3) is 0 Å². The van der Waals surface area contributed by atoms with Crippen molar-refractivity contribution in [1.29, 1.82) is 5.26 Å². The quantitative estimate of drug-likeness (QED) is 0.524. The van der Waals surface area contributed by atoms with Crippen molar-refractivity contribution in [3.05, 3.63) is 80.7 Å². The number of para-hydroxylation sites is 1. The van der Waals surface area contributed by atoms with E-state index in [0.717, 1.165) is 48.1 Å². The minimum Gasteiger partial charge on any atom is -0.302 e. The summed E-state index contributed by atoms with van der Waals surface area (Å²) in [5.74, 6) is -0.138. The summed E-state index contributed by atoms with van der Waals surface area (Å²) in [6.45, 7) is 0.443. The van der Waals surface area contributed by atoms with Crippen LogP contribution < -0.4 is 4.90 Å². The number of rotatable bonds is 3. The molecule has 0 saturated carbocycles. The molecule has 1 amide bonds. The summed E-state index contributed by atoms with van der Waals surface area (Å²) in [6.07, 6.45) is 4.16. The van der Waals surface area contributed by atoms with E-state index in [1.165, 1.54) is 4.88 Å². The molecule has 0 fully saturated rings. The Morgan fingerprint density at radius 2 is 1.87 bits per heavy atom. The first kappa shape index (κ1) is 19.0. The minimum absolute atomic E-state index is 0.138. The van der Waals surface area contributed by atoms with Crippen molar-refractivity contribution in [2.75, 3.05) is 4.90 Å². The Balaban J connectivity index is 1.57. The molecule has 0 spiro atoms. The van der Waals surface area contributed by atoms with Gasteiger partial charge in [-0.1, -0.05) is 41.9 Å². The molecule has 2 heterocycles. The lowest BCUT2D eigenvalue weighted by molar-refractivity contribution is -0.112. The monoisotopic (exact) mass is 431 g/mol. The van der Waals surface area contributed by atoms with Crippen LogP contribution in [-0.4, -0.2) is 11.6 Å². The van der Waals surface area contributed by atoms with Gasteiger partial charge in [0.15, 0.2) is 0 Å². The zero-order chi connectivity index (χ0) is 20.7. The molecular weight excluding hydrogens is 414 g/mol. The summed E-state index contributed by atoms with van der Waals surface area (Å²) >= 11 is 7.56. The van der Waals surface area contributed by atoms with Crippen LogP contribution >= 0.6 is 22.9 Å². The van der Waals surface area contributed by atoms with Gasteiger partial charge in [0.1, 0.15) is 16.8 Å². The number of nitriles is 1. The van der Waals surface area contributed by atoms with Crippen molar-refractivity contribution in [1.82, 2.24) is 0 Å². The van der Waals surface area contributed by atoms with Gasteiger partial charge in [-0.2, -0.15) is 5.26 Å². The van der Waals surface area contributed by atoms with Crippen molar-refractivity contribution in [3.8, 4) is 6.07 Å². The number of fused-ring (bicyclic) bond motifs is 2. The zero-order valence-electron chi connectivity index (χ0n) is 16.2. The number of thiophene rings is 1. The van der Waals surface area contributed by atoms with Gasteiger partial charge in [-0.3, -0.25) is 4.79 Å². The van der Waals surface area contributed by atoms with Gasteiger partial charge in [0.05, 0.1) is 17.8 Å². The second kappa shape index (κ2) is 7.71. The second-order valence-electron chi connectivity index (χ2n) is 7.50. The first-order valence-electron chi connectivity index (χ1n) is 9.94. The molecule has 1 aliphatic heterocycles. The van der Waals surface area contributed by atoms with Crippen LogP contribution in [0.15, 0.2) is 53.5 Å². The number of amides is 1. The molecular formula is C24H18ClN3OS. The van der Waals surface area contributed by atoms with Crippen molar-refractivity contribution < 1.29 is 4.79 Å². The topological polar surface area (TPSA) is 56.5 Å². The number of hydrogen-bond donors (Lipinski definition) is 0. The van der Waals surface area contributed by atoms with E-state index in [1.54, 1.807) is 16.2 Å². The van der Waals surface area contributed by atoms with E-state index in [9.17, 15) is 10.1 Å². The Labute approximate surface area is 184 Å². The van der Waals surface area contributed by atoms with E-state index in [2.05, 4.69) is 6.07 Å². The van der Waals surface area contributed by atoms with E-state index < -0.39 is 0 Å². The number of halogens is 1. The van der Waals surface area contributed by atoms with Crippen LogP contribution in [0.2, 0.25) is 5.02 Å². The van der Waals surface area contributed by atoms with Gasteiger partial charge in [-0.25, -0.2) is 4.99 Å². The first-order valence-corrected chi connectivity index (χ1v) is 11.1. The molecule has 0 unspecified atom stereocenters. The average Bonchev–Trinajstić information content (AvgIpc) is 3.25. The fourth-order valence-corrected chi connectivity index (χ4v) is 5.49. The smallest absolute Gasteiger partial charge is 0.277 e. The van der Waals surface area contributed by atoms with Gasteiger partial charge in [-0.05, 0) is 55.0 Å². The Hall–Kier alpha value is -2.94. The Morgan fingerprint density at radius 3 is 2.67 bits per heavy atom. The third-order valence-corrected chi connectivity index (χ3v) is 7.07. The number of nitrogens with zero attached hydrogens (tertiary/aromatic N) is 3. The maximum Gasteiger partial charge on any atom is 0.277 e. The van der Waals surface area contributed by atoms with E-state index in [-0.39, 0.29) is 5.91 Å². The largest absolute Gasteiger partial charge is 0.302 e. The van der Waals surface area contributed by atoms with Gasteiger partial charge >= 0.3 is 0 Å². The number of hydrogen-bond acceptors (Lipinski definition) is 4. The predicted molar refractivity (Wildman–Crippen MR) is 121 cm³/mol. The van der Waals surface area contributed by atoms with Gasteiger partial charge in [0, 0.05) is 15.5 Å². The van der Waals surface area contributed by atoms with Crippen LogP contribution in [-0.2, 0) is 24.2 Å². The summed E-state index contributed by atoms with van der Waals surface area (Å²) in [4.78, 5) is 21.1. The van der Waals surface area contributed by atoms with E-state index in [1.807, 2.05) is 48.5 Å². The zero-order valence-corrected chi connectivity index (χ0v) is 17.8. The minimum atomic E-state index is -0.138. The normalized spacial score (nSPS) is 16.5. The van der Waals surface area contributed by atoms with Crippen LogP contribution in [0.1, 0.15) is 40.0 Å². The molecule has 5 rings (SSSR count). The Bertz CT molecular complexity index is 1220. The highest BCUT2D eigenvalue weighted by atomic mass is 35.5. The number of carbonyl (C=O) groups excluding carboxylic acids is 1. The lowest BCUT2D eigenvalue weighted by Gasteiger charge is -2.16. The molecule has 30 heavy (non-hydrogen) atoms. The fourth-order valence-electron chi connectivity index (χ4n) is 4.15. The van der Waals surface area contributed by atoms with Gasteiger partial charge in [0.2, 0.25) is 0 Å². The molecule has 2 aliphatic rings. The first-order chi connectivity index (χ1) is 14.7. The number of aryl methyl sites for hydroxylation is 1. The van der Waals surface area contributed by atoms with E-state index in [4.69, 9.17) is 16.6 Å². The highest BCUT2D eigenvalue weighted by Gasteiger charge is 2.34. The Morgan fingerprint density at radius 1 is 1.10 bits per heavy atom. The molecule has 148 valence electrons. The highest BCUT2D eigenvalue weighted by molar-refractivity contribution is 7.16. The number of carbonyl (C=O) groups is 1. The van der Waals surface area contributed by atoms with Gasteiger partial charge in [0.25, 0.3) is 5.91 Å². The van der Waals surface area contributed by atoms with Crippen LogP contribution in [0.4, 0.5) is 10.7 Å². The summed E-state index contributed by atoms with van der Waals surface area (Å²) in [7, 11) is 0. The van der Waals surface area contributed by atoms with Crippen LogP contribution in [0, 0.1) is 11.3 Å². The lowest BCUT2D eigenvalue weighted by Crippen LogP contribution is -2.29. The number of benzene rings is 2. The molecule has 0 saturated heterocycles. The second-order valence-corrected chi connectivity index (χ2v) is 9.02. The Kier molecular flexibility index (Phi) is 4.90. The molecule has 3 aromatic rings. The highest BCUT2D eigenvalue weighted by Crippen LogP contribution is 2.41. The number of anilines is 1. The molecule has 0 atom stereocenters. The van der Waals surface area contributed by atoms with Crippen molar-refractivity contribution in [3.63, 3.8) is 0 Å². The van der Waals surface area contributed by atoms with Crippen molar-refractivity contribution in [2.24, 2.45) is 4.99 Å². The summed E-state index contributed by atoms with van der Waals surface area (Å²) in [5.41, 5.74) is 4.83. The molecule has 1 aliphatic carbocycles. The summed E-state index contributed by atoms with van der Waals surface area (Å²) in [5, 5.41) is 11.1. The molecule has 1 aromatic heterocycles. The third-order valence-electron chi connectivity index (χ3n) is 5.63. The van der Waals surface area contributed by atoms with Crippen molar-refractivity contribution >= 4 is 45.2 Å². The van der Waals surface area contributed by atoms with Gasteiger partial charge in [-0.15, -0.1) is 11.3 Å². The summed E-state index contributed by atoms with van der Waals surface area (Å²) < 4.78 is 0. The molecule has 0 radical (unpaired) electrons. The van der Waals surface area contributed by atoms with Crippen molar-refractivity contribution in [2.45, 2.75) is 32.2 Å². The standard InChI is InChI=1S/C24H18ClN3OS/c25-16-11-9-15(10-12-16)14-28-20-7-3-1-6-18(20)22(24(28)29)27-23-19(13-26)17-5-2-4-8-21(17)30-23/h1,3,6-7,9-12H,2,4-5,8,14H2. The van der Waals surface area contributed by atoms with E-state index in [0.29, 0.717) is 27.8 Å². The lowest BCUT2D eigenvalue weighted by atomic mass is 9.96. The number of aliphatic imine (C=N–C) groups is 1. The van der Waals surface area contributed by atoms with Crippen LogP contribution in [0.3, 0.4) is 0 Å². The predicted octanol–water partition coefficient (Wildman–Crippen LogP) is 5.82. The molecule has 0 bridgehead atoms. The molecule has 4 nitrogen and oxygen atoms in total. The SMILES string of the molecule is N#Cc1c(N=C2C(=O)N(Cc3ccc(Cl)cc3)c3ccccc32)sc2c1CCCC2. The molecule has 2 aromatic carbocycles. The average molecular weight is 432 g/mol. The third kappa shape index (κ3) is 3.23.